The zero-order chi connectivity index (χ0) is 19.3. The molecule has 3 aromatic rings. The number of halogens is 3. The summed E-state index contributed by atoms with van der Waals surface area (Å²) < 4.78 is 37.4. The molecular weight excluding hydrogens is 357 g/mol. The van der Waals surface area contributed by atoms with Gasteiger partial charge in [0.1, 0.15) is 5.69 Å². The quantitative estimate of drug-likeness (QED) is 0.651. The predicted octanol–water partition coefficient (Wildman–Crippen LogP) is 4.40. The molecule has 2 N–H and O–H groups in total. The lowest BCUT2D eigenvalue weighted by Crippen LogP contribution is -2.29. The minimum absolute atomic E-state index is 0.343. The number of carbonyl (C=O) groups is 1. The van der Waals surface area contributed by atoms with Gasteiger partial charge in [0, 0.05) is 35.9 Å². The average Bonchev–Trinajstić information content (AvgIpc) is 2.65. The van der Waals surface area contributed by atoms with Gasteiger partial charge in [-0.2, -0.15) is 13.2 Å². The van der Waals surface area contributed by atoms with Gasteiger partial charge >= 0.3 is 12.2 Å². The number of aromatic nitrogens is 2. The van der Waals surface area contributed by atoms with Crippen molar-refractivity contribution >= 4 is 22.5 Å². The van der Waals surface area contributed by atoms with Crippen molar-refractivity contribution in [2.75, 3.05) is 11.9 Å². The number of nitrogens with zero attached hydrogens (tertiary/aromatic N) is 2. The zero-order valence-electron chi connectivity index (χ0n) is 14.3. The highest BCUT2D eigenvalue weighted by atomic mass is 19.4. The summed E-state index contributed by atoms with van der Waals surface area (Å²) in [6.07, 6.45) is 1.26. The Bertz CT molecular complexity index is 921. The van der Waals surface area contributed by atoms with Gasteiger partial charge in [0.25, 0.3) is 0 Å². The van der Waals surface area contributed by atoms with Crippen molar-refractivity contribution in [3.05, 3.63) is 66.2 Å². The molecule has 2 amide bonds. The van der Waals surface area contributed by atoms with Gasteiger partial charge in [-0.05, 0) is 36.6 Å². The molecule has 0 aliphatic carbocycles. The summed E-state index contributed by atoms with van der Waals surface area (Å²) in [5, 5.41) is 7.34. The Kier molecular flexibility index (Phi) is 5.54. The molecule has 140 valence electrons. The van der Waals surface area contributed by atoms with E-state index < -0.39 is 11.9 Å². The number of benzene rings is 1. The number of rotatable bonds is 5. The molecule has 5 nitrogen and oxygen atoms in total. The van der Waals surface area contributed by atoms with Gasteiger partial charge in [0.15, 0.2) is 0 Å². The molecule has 0 unspecified atom stereocenters. The Morgan fingerprint density at radius 2 is 1.93 bits per heavy atom. The Morgan fingerprint density at radius 1 is 1.07 bits per heavy atom. The third-order valence-electron chi connectivity index (χ3n) is 3.97. The predicted molar refractivity (Wildman–Crippen MR) is 96.3 cm³/mol. The van der Waals surface area contributed by atoms with Crippen molar-refractivity contribution in [1.82, 2.24) is 15.3 Å². The van der Waals surface area contributed by atoms with Gasteiger partial charge in [0.2, 0.25) is 0 Å². The summed E-state index contributed by atoms with van der Waals surface area (Å²) in [6, 6.07) is 9.38. The molecule has 3 rings (SSSR count). The maximum absolute atomic E-state index is 12.5. The van der Waals surface area contributed by atoms with Crippen molar-refractivity contribution in [3.63, 3.8) is 0 Å². The van der Waals surface area contributed by atoms with Crippen LogP contribution in [0.1, 0.15) is 17.7 Å². The van der Waals surface area contributed by atoms with E-state index in [1.165, 1.54) is 12.3 Å². The number of fused-ring (bicyclic) bond motifs is 1. The van der Waals surface area contributed by atoms with E-state index in [-0.39, 0.29) is 6.03 Å². The van der Waals surface area contributed by atoms with E-state index in [1.807, 2.05) is 18.2 Å². The first-order valence-electron chi connectivity index (χ1n) is 8.33. The molecule has 0 saturated heterocycles. The minimum atomic E-state index is -4.43. The molecule has 2 aromatic heterocycles. The number of amides is 2. The normalized spacial score (nSPS) is 11.4. The van der Waals surface area contributed by atoms with Gasteiger partial charge in [-0.3, -0.25) is 9.97 Å². The fraction of sp³-hybridized carbons (Fsp3) is 0.211. The minimum Gasteiger partial charge on any atom is -0.338 e. The van der Waals surface area contributed by atoms with Crippen LogP contribution < -0.4 is 10.6 Å². The second kappa shape index (κ2) is 8.03. The van der Waals surface area contributed by atoms with Gasteiger partial charge < -0.3 is 10.6 Å². The highest BCUT2D eigenvalue weighted by molar-refractivity contribution is 6.01. The van der Waals surface area contributed by atoms with Crippen LogP contribution in [-0.2, 0) is 12.6 Å². The van der Waals surface area contributed by atoms with Crippen molar-refractivity contribution in [1.29, 1.82) is 0 Å². The van der Waals surface area contributed by atoms with E-state index in [1.54, 1.807) is 18.5 Å². The van der Waals surface area contributed by atoms with Gasteiger partial charge in [-0.15, -0.1) is 0 Å². The van der Waals surface area contributed by atoms with Crippen LogP contribution in [0.15, 0.2) is 55.0 Å². The van der Waals surface area contributed by atoms with Crippen LogP contribution in [0.4, 0.5) is 23.7 Å². The van der Waals surface area contributed by atoms with Crippen molar-refractivity contribution in [2.45, 2.75) is 19.0 Å². The summed E-state index contributed by atoms with van der Waals surface area (Å²) in [6.45, 7) is 0.388. The molecule has 0 bridgehead atoms. The first kappa shape index (κ1) is 18.6. The number of pyridine rings is 2. The lowest BCUT2D eigenvalue weighted by molar-refractivity contribution is -0.141. The monoisotopic (exact) mass is 374 g/mol. The van der Waals surface area contributed by atoms with Crippen LogP contribution in [-0.4, -0.2) is 22.5 Å². The maximum Gasteiger partial charge on any atom is 0.433 e. The Labute approximate surface area is 153 Å². The Balaban J connectivity index is 1.47. The van der Waals surface area contributed by atoms with Crippen molar-refractivity contribution in [2.24, 2.45) is 0 Å². The van der Waals surface area contributed by atoms with Gasteiger partial charge in [0.05, 0.1) is 5.69 Å². The van der Waals surface area contributed by atoms with Crippen LogP contribution in [0.2, 0.25) is 0 Å². The van der Waals surface area contributed by atoms with Gasteiger partial charge in [-0.25, -0.2) is 4.79 Å². The Hall–Kier alpha value is -3.16. The largest absolute Gasteiger partial charge is 0.433 e. The van der Waals surface area contributed by atoms with E-state index in [0.717, 1.165) is 16.8 Å². The fourth-order valence-corrected chi connectivity index (χ4v) is 2.63. The summed E-state index contributed by atoms with van der Waals surface area (Å²) in [5.41, 5.74) is 0.458. The van der Waals surface area contributed by atoms with E-state index >= 15 is 0 Å². The third-order valence-corrected chi connectivity index (χ3v) is 3.97. The standard InChI is InChI=1S/C19H17F3N4O/c20-19(21,22)17-7-6-13(11-25-17)3-2-9-24-18(27)26-16-5-1-4-14-12-23-10-8-15(14)16/h1,4-8,10-12H,2-3,9H2,(H2,24,26,27). The highest BCUT2D eigenvalue weighted by Crippen LogP contribution is 2.27. The van der Waals surface area contributed by atoms with Crippen molar-refractivity contribution in [3.8, 4) is 0 Å². The average molecular weight is 374 g/mol. The van der Waals surface area contributed by atoms with Crippen LogP contribution in [0.5, 0.6) is 0 Å². The molecule has 0 atom stereocenters. The van der Waals surface area contributed by atoms with Gasteiger partial charge in [-0.1, -0.05) is 18.2 Å². The molecule has 0 spiro atoms. The number of aryl methyl sites for hydroxylation is 1. The fourth-order valence-electron chi connectivity index (χ4n) is 2.63. The molecule has 2 heterocycles. The molecule has 0 saturated carbocycles. The second-order valence-electron chi connectivity index (χ2n) is 5.94. The van der Waals surface area contributed by atoms with E-state index in [4.69, 9.17) is 0 Å². The SMILES string of the molecule is O=C(NCCCc1ccc(C(F)(F)F)nc1)Nc1cccc2cnccc12. The third kappa shape index (κ3) is 4.93. The van der Waals surface area contributed by atoms with Crippen LogP contribution in [0.25, 0.3) is 10.8 Å². The van der Waals surface area contributed by atoms with E-state index in [0.29, 0.717) is 30.6 Å². The van der Waals surface area contributed by atoms with Crippen LogP contribution in [0.3, 0.4) is 0 Å². The molecule has 1 aromatic carbocycles. The number of hydrogen-bond acceptors (Lipinski definition) is 3. The second-order valence-corrected chi connectivity index (χ2v) is 5.94. The number of anilines is 1. The number of hydrogen-bond donors (Lipinski definition) is 2. The summed E-state index contributed by atoms with van der Waals surface area (Å²) in [4.78, 5) is 19.5. The van der Waals surface area contributed by atoms with Crippen LogP contribution >= 0.6 is 0 Å². The topological polar surface area (TPSA) is 66.9 Å². The smallest absolute Gasteiger partial charge is 0.338 e. The summed E-state index contributed by atoms with van der Waals surface area (Å²) >= 11 is 0. The van der Waals surface area contributed by atoms with Crippen molar-refractivity contribution < 1.29 is 18.0 Å². The first-order chi connectivity index (χ1) is 12.9. The number of carbonyl (C=O) groups excluding carboxylic acids is 1. The number of nitrogens with one attached hydrogen (secondary N) is 2. The molecule has 0 radical (unpaired) electrons. The van der Waals surface area contributed by atoms with Crippen LogP contribution in [0, 0.1) is 0 Å². The highest BCUT2D eigenvalue weighted by Gasteiger charge is 2.31. The molecule has 0 aliphatic heterocycles. The van der Waals surface area contributed by atoms with E-state index in [2.05, 4.69) is 20.6 Å². The summed E-state index contributed by atoms with van der Waals surface area (Å²) in [5.74, 6) is 0. The zero-order valence-corrected chi connectivity index (χ0v) is 14.3. The van der Waals surface area contributed by atoms with E-state index in [9.17, 15) is 18.0 Å². The molecule has 0 aliphatic rings. The summed E-state index contributed by atoms with van der Waals surface area (Å²) in [7, 11) is 0. The lowest BCUT2D eigenvalue weighted by atomic mass is 10.1. The maximum atomic E-state index is 12.5. The molecule has 0 fully saturated rings. The Morgan fingerprint density at radius 3 is 2.67 bits per heavy atom. The first-order valence-corrected chi connectivity index (χ1v) is 8.33. The molecule has 8 heteroatoms. The molecular formula is C19H17F3N4O. The number of alkyl halides is 3. The lowest BCUT2D eigenvalue weighted by Gasteiger charge is -2.10. The molecule has 27 heavy (non-hydrogen) atoms. The number of urea groups is 1.